The molecule has 0 aromatic heterocycles. The zero-order valence-electron chi connectivity index (χ0n) is 5.42. The normalized spacial score (nSPS) is 25.0. The predicted molar refractivity (Wildman–Crippen MR) is 34.9 cm³/mol. The summed E-state index contributed by atoms with van der Waals surface area (Å²) < 4.78 is 0. The average Bonchev–Trinajstić information content (AvgIpc) is 2.18. The lowest BCUT2D eigenvalue weighted by Crippen LogP contribution is -1.98. The number of hydrogen-bond acceptors (Lipinski definition) is 2. The van der Waals surface area contributed by atoms with Gasteiger partial charge in [-0.2, -0.15) is 4.99 Å². The van der Waals surface area contributed by atoms with Crippen molar-refractivity contribution in [3.8, 4) is 0 Å². The summed E-state index contributed by atoms with van der Waals surface area (Å²) in [5, 5.41) is 0. The number of hydrogen-bond donors (Lipinski definition) is 0. The van der Waals surface area contributed by atoms with Crippen LogP contribution in [0.5, 0.6) is 0 Å². The molecule has 0 spiro atoms. The smallest absolute Gasteiger partial charge is 0.211 e. The number of isocyanates is 1. The van der Waals surface area contributed by atoms with Crippen LogP contribution in [0.15, 0.2) is 16.6 Å². The van der Waals surface area contributed by atoms with Crippen LogP contribution in [0.25, 0.3) is 0 Å². The topological polar surface area (TPSA) is 29.4 Å². The van der Waals surface area contributed by atoms with Crippen LogP contribution < -0.4 is 0 Å². The molecule has 1 aliphatic rings. The molecule has 2 nitrogen and oxygen atoms in total. The summed E-state index contributed by atoms with van der Waals surface area (Å²) in [5.74, 6) is 0. The Balaban J connectivity index is 2.63. The Bertz CT molecular complexity index is 177. The Labute approximate surface area is 54.3 Å². The molecule has 1 aliphatic carbocycles. The van der Waals surface area contributed by atoms with E-state index in [0.717, 1.165) is 12.8 Å². The molecule has 0 unspecified atom stereocenters. The summed E-state index contributed by atoms with van der Waals surface area (Å²) in [6.07, 6.45) is 5.74. The molecule has 9 heavy (non-hydrogen) atoms. The second-order valence-corrected chi connectivity index (χ2v) is 2.26. The van der Waals surface area contributed by atoms with Crippen molar-refractivity contribution in [3.05, 3.63) is 11.6 Å². The minimum Gasteiger partial charge on any atom is -0.211 e. The van der Waals surface area contributed by atoms with Gasteiger partial charge in [-0.15, -0.1) is 0 Å². The fourth-order valence-corrected chi connectivity index (χ4v) is 1.06. The molecule has 0 saturated carbocycles. The van der Waals surface area contributed by atoms with Crippen LogP contribution >= 0.6 is 0 Å². The van der Waals surface area contributed by atoms with Crippen LogP contribution in [-0.2, 0) is 4.79 Å². The Morgan fingerprint density at radius 2 is 2.67 bits per heavy atom. The first-order valence-corrected chi connectivity index (χ1v) is 3.08. The number of rotatable bonds is 1. The SMILES string of the molecule is CC1=CCC[C@H]1N=C=O. The largest absolute Gasteiger partial charge is 0.235 e. The highest BCUT2D eigenvalue weighted by Gasteiger charge is 2.12. The summed E-state index contributed by atoms with van der Waals surface area (Å²) in [7, 11) is 0. The summed E-state index contributed by atoms with van der Waals surface area (Å²) in [6.45, 7) is 2.00. The average molecular weight is 123 g/mol. The van der Waals surface area contributed by atoms with Crippen LogP contribution in [0.1, 0.15) is 19.8 Å². The number of allylic oxidation sites excluding steroid dienone is 1. The van der Waals surface area contributed by atoms with Crippen molar-refractivity contribution in [1.29, 1.82) is 0 Å². The molecule has 0 bridgehead atoms. The van der Waals surface area contributed by atoms with Crippen molar-refractivity contribution in [2.45, 2.75) is 25.8 Å². The summed E-state index contributed by atoms with van der Waals surface area (Å²) in [4.78, 5) is 13.4. The molecule has 2 heteroatoms. The molecular weight excluding hydrogens is 114 g/mol. The first-order valence-electron chi connectivity index (χ1n) is 3.08. The lowest BCUT2D eigenvalue weighted by Gasteiger charge is -1.99. The standard InChI is InChI=1S/C7H9NO/c1-6-3-2-4-7(6)8-5-9/h3,7H,2,4H2,1H3/t7-/m1/s1. The van der Waals surface area contributed by atoms with Crippen LogP contribution in [0.3, 0.4) is 0 Å². The van der Waals surface area contributed by atoms with Gasteiger partial charge in [0.1, 0.15) is 0 Å². The van der Waals surface area contributed by atoms with E-state index < -0.39 is 0 Å². The lowest BCUT2D eigenvalue weighted by molar-refractivity contribution is 0.559. The van der Waals surface area contributed by atoms with Crippen molar-refractivity contribution in [2.75, 3.05) is 0 Å². The maximum atomic E-state index is 9.79. The molecular formula is C7H9NO. The highest BCUT2D eigenvalue weighted by Crippen LogP contribution is 2.20. The van der Waals surface area contributed by atoms with Gasteiger partial charge >= 0.3 is 0 Å². The molecule has 0 aromatic carbocycles. The van der Waals surface area contributed by atoms with Crippen LogP contribution in [0, 0.1) is 0 Å². The predicted octanol–water partition coefficient (Wildman–Crippen LogP) is 1.43. The maximum absolute atomic E-state index is 9.79. The van der Waals surface area contributed by atoms with Crippen molar-refractivity contribution in [3.63, 3.8) is 0 Å². The van der Waals surface area contributed by atoms with E-state index in [1.54, 1.807) is 6.08 Å². The Kier molecular flexibility index (Phi) is 1.81. The maximum Gasteiger partial charge on any atom is 0.235 e. The van der Waals surface area contributed by atoms with E-state index in [9.17, 15) is 4.79 Å². The third-order valence-electron chi connectivity index (χ3n) is 1.64. The highest BCUT2D eigenvalue weighted by atomic mass is 16.1. The third kappa shape index (κ3) is 1.27. The lowest BCUT2D eigenvalue weighted by atomic mass is 10.2. The molecule has 0 saturated heterocycles. The van der Waals surface area contributed by atoms with E-state index in [0.29, 0.717) is 0 Å². The Morgan fingerprint density at radius 1 is 1.89 bits per heavy atom. The molecule has 0 aliphatic heterocycles. The third-order valence-corrected chi connectivity index (χ3v) is 1.64. The van der Waals surface area contributed by atoms with Gasteiger partial charge in [0, 0.05) is 0 Å². The number of carbonyl (C=O) groups excluding carboxylic acids is 1. The Hall–Kier alpha value is -0.880. The fraction of sp³-hybridized carbons (Fsp3) is 0.571. The van der Waals surface area contributed by atoms with Gasteiger partial charge in [-0.25, -0.2) is 4.79 Å². The van der Waals surface area contributed by atoms with E-state index >= 15 is 0 Å². The second kappa shape index (κ2) is 2.60. The molecule has 0 radical (unpaired) electrons. The van der Waals surface area contributed by atoms with Gasteiger partial charge in [0.05, 0.1) is 6.04 Å². The first kappa shape index (κ1) is 6.24. The van der Waals surface area contributed by atoms with Crippen LogP contribution in [0.2, 0.25) is 0 Å². The number of nitrogens with zero attached hydrogens (tertiary/aromatic N) is 1. The molecule has 0 amide bonds. The van der Waals surface area contributed by atoms with E-state index in [-0.39, 0.29) is 6.04 Å². The van der Waals surface area contributed by atoms with Gasteiger partial charge in [0.2, 0.25) is 6.08 Å². The van der Waals surface area contributed by atoms with Gasteiger partial charge < -0.3 is 0 Å². The van der Waals surface area contributed by atoms with Crippen molar-refractivity contribution < 1.29 is 4.79 Å². The molecule has 0 N–H and O–H groups in total. The van der Waals surface area contributed by atoms with Crippen LogP contribution in [0.4, 0.5) is 0 Å². The zero-order valence-corrected chi connectivity index (χ0v) is 5.42. The van der Waals surface area contributed by atoms with E-state index in [2.05, 4.69) is 11.1 Å². The molecule has 0 heterocycles. The molecule has 0 aromatic rings. The van der Waals surface area contributed by atoms with Gasteiger partial charge in [0.15, 0.2) is 0 Å². The molecule has 0 fully saturated rings. The van der Waals surface area contributed by atoms with Crippen molar-refractivity contribution >= 4 is 6.08 Å². The van der Waals surface area contributed by atoms with Crippen molar-refractivity contribution in [1.82, 2.24) is 0 Å². The zero-order chi connectivity index (χ0) is 6.69. The van der Waals surface area contributed by atoms with E-state index in [1.165, 1.54) is 5.57 Å². The summed E-state index contributed by atoms with van der Waals surface area (Å²) >= 11 is 0. The van der Waals surface area contributed by atoms with Crippen LogP contribution in [-0.4, -0.2) is 12.1 Å². The van der Waals surface area contributed by atoms with Gasteiger partial charge in [-0.3, -0.25) is 0 Å². The summed E-state index contributed by atoms with van der Waals surface area (Å²) in [6, 6.07) is 0.141. The van der Waals surface area contributed by atoms with Gasteiger partial charge in [-0.1, -0.05) is 11.6 Å². The van der Waals surface area contributed by atoms with Gasteiger partial charge in [-0.05, 0) is 19.8 Å². The monoisotopic (exact) mass is 123 g/mol. The minimum absolute atomic E-state index is 0.141. The van der Waals surface area contributed by atoms with Gasteiger partial charge in [0.25, 0.3) is 0 Å². The second-order valence-electron chi connectivity index (χ2n) is 2.26. The van der Waals surface area contributed by atoms with Crippen molar-refractivity contribution in [2.24, 2.45) is 4.99 Å². The quantitative estimate of drug-likeness (QED) is 0.294. The highest BCUT2D eigenvalue weighted by molar-refractivity contribution is 5.36. The molecule has 1 rings (SSSR count). The molecule has 1 atom stereocenters. The van der Waals surface area contributed by atoms with E-state index in [1.807, 2.05) is 6.92 Å². The Morgan fingerprint density at radius 3 is 3.11 bits per heavy atom. The molecule has 48 valence electrons. The number of aliphatic imine (C=N–C) groups is 1. The fourth-order valence-electron chi connectivity index (χ4n) is 1.06. The minimum atomic E-state index is 0.141. The van der Waals surface area contributed by atoms with E-state index in [4.69, 9.17) is 0 Å². The summed E-state index contributed by atoms with van der Waals surface area (Å²) in [5.41, 5.74) is 1.21. The first-order chi connectivity index (χ1) is 4.34.